The fourth-order valence-electron chi connectivity index (χ4n) is 1.39. The summed E-state index contributed by atoms with van der Waals surface area (Å²) in [5, 5.41) is 8.64. The van der Waals surface area contributed by atoms with Gasteiger partial charge in [-0.05, 0) is 18.1 Å². The van der Waals surface area contributed by atoms with E-state index >= 15 is 0 Å². The van der Waals surface area contributed by atoms with Crippen molar-refractivity contribution in [3.8, 4) is 0 Å². The molecule has 0 spiro atoms. The fourth-order valence-corrected chi connectivity index (χ4v) is 1.99. The SMILES string of the molecule is Cc1ccccc1CNc1nnc(C(F)(F)F)s1. The van der Waals surface area contributed by atoms with Gasteiger partial charge in [0.2, 0.25) is 10.1 Å². The monoisotopic (exact) mass is 273 g/mol. The average Bonchev–Trinajstić information content (AvgIpc) is 2.76. The lowest BCUT2D eigenvalue weighted by molar-refractivity contribution is -0.138. The molecule has 3 nitrogen and oxygen atoms in total. The fraction of sp³-hybridized carbons (Fsp3) is 0.273. The number of anilines is 1. The van der Waals surface area contributed by atoms with Crippen molar-refractivity contribution in [3.63, 3.8) is 0 Å². The molecule has 0 fully saturated rings. The van der Waals surface area contributed by atoms with E-state index in [4.69, 9.17) is 0 Å². The maximum Gasteiger partial charge on any atom is 0.445 e. The Hall–Kier alpha value is -1.63. The minimum Gasteiger partial charge on any atom is -0.356 e. The third-order valence-electron chi connectivity index (χ3n) is 2.36. The highest BCUT2D eigenvalue weighted by Gasteiger charge is 2.35. The van der Waals surface area contributed by atoms with E-state index in [2.05, 4.69) is 15.5 Å². The minimum absolute atomic E-state index is 0.172. The first-order chi connectivity index (χ1) is 8.47. The third kappa shape index (κ3) is 2.98. The molecule has 1 aromatic carbocycles. The summed E-state index contributed by atoms with van der Waals surface area (Å²) in [7, 11) is 0. The second-order valence-corrected chi connectivity index (χ2v) is 4.67. The van der Waals surface area contributed by atoms with E-state index in [0.717, 1.165) is 11.1 Å². The van der Waals surface area contributed by atoms with Crippen LogP contribution in [-0.2, 0) is 12.7 Å². The van der Waals surface area contributed by atoms with Gasteiger partial charge >= 0.3 is 6.18 Å². The van der Waals surface area contributed by atoms with Crippen LogP contribution in [0.1, 0.15) is 16.1 Å². The van der Waals surface area contributed by atoms with Gasteiger partial charge in [-0.15, -0.1) is 10.2 Å². The first-order valence-electron chi connectivity index (χ1n) is 5.16. The molecule has 0 aliphatic rings. The lowest BCUT2D eigenvalue weighted by Gasteiger charge is -2.05. The second kappa shape index (κ2) is 4.93. The largest absolute Gasteiger partial charge is 0.445 e. The summed E-state index contributed by atoms with van der Waals surface area (Å²) in [6, 6.07) is 7.64. The molecule has 0 atom stereocenters. The van der Waals surface area contributed by atoms with Gasteiger partial charge in [0.15, 0.2) is 0 Å². The van der Waals surface area contributed by atoms with Crippen molar-refractivity contribution >= 4 is 16.5 Å². The maximum atomic E-state index is 12.3. The van der Waals surface area contributed by atoms with Crippen molar-refractivity contribution in [2.75, 3.05) is 5.32 Å². The maximum absolute atomic E-state index is 12.3. The first-order valence-corrected chi connectivity index (χ1v) is 5.97. The summed E-state index contributed by atoms with van der Waals surface area (Å²) >= 11 is 0.507. The van der Waals surface area contributed by atoms with Crippen LogP contribution in [0.15, 0.2) is 24.3 Å². The van der Waals surface area contributed by atoms with Crippen LogP contribution in [0.4, 0.5) is 18.3 Å². The standard InChI is InChI=1S/C11H10F3N3S/c1-7-4-2-3-5-8(7)6-15-10-17-16-9(18-10)11(12,13)14/h2-5H,6H2,1H3,(H,15,17). The van der Waals surface area contributed by atoms with Crippen molar-refractivity contribution in [2.45, 2.75) is 19.6 Å². The molecule has 7 heteroatoms. The number of aromatic nitrogens is 2. The normalized spacial score (nSPS) is 11.6. The zero-order valence-corrected chi connectivity index (χ0v) is 10.3. The lowest BCUT2D eigenvalue weighted by Crippen LogP contribution is -2.03. The average molecular weight is 273 g/mol. The first kappa shape index (κ1) is 12.8. The molecule has 0 unspecified atom stereocenters. The molecule has 0 saturated carbocycles. The molecule has 18 heavy (non-hydrogen) atoms. The zero-order chi connectivity index (χ0) is 13.2. The highest BCUT2D eigenvalue weighted by atomic mass is 32.1. The summed E-state index contributed by atoms with van der Waals surface area (Å²) in [5.41, 5.74) is 2.09. The molecule has 96 valence electrons. The van der Waals surface area contributed by atoms with Crippen molar-refractivity contribution in [1.82, 2.24) is 10.2 Å². The van der Waals surface area contributed by atoms with Crippen molar-refractivity contribution in [3.05, 3.63) is 40.4 Å². The molecule has 0 bridgehead atoms. The van der Waals surface area contributed by atoms with E-state index in [-0.39, 0.29) is 5.13 Å². The van der Waals surface area contributed by atoms with E-state index in [1.165, 1.54) is 0 Å². The highest BCUT2D eigenvalue weighted by molar-refractivity contribution is 7.15. The van der Waals surface area contributed by atoms with Gasteiger partial charge in [0, 0.05) is 6.54 Å². The summed E-state index contributed by atoms with van der Waals surface area (Å²) in [6.45, 7) is 2.37. The van der Waals surface area contributed by atoms with Gasteiger partial charge in [-0.3, -0.25) is 0 Å². The van der Waals surface area contributed by atoms with Gasteiger partial charge < -0.3 is 5.32 Å². The van der Waals surface area contributed by atoms with Crippen LogP contribution in [0.25, 0.3) is 0 Å². The molecule has 1 N–H and O–H groups in total. The highest BCUT2D eigenvalue weighted by Crippen LogP contribution is 2.33. The molecule has 0 saturated heterocycles. The third-order valence-corrected chi connectivity index (χ3v) is 3.28. The van der Waals surface area contributed by atoms with E-state index in [1.54, 1.807) is 0 Å². The van der Waals surface area contributed by atoms with Crippen LogP contribution >= 0.6 is 11.3 Å². The Morgan fingerprint density at radius 3 is 2.56 bits per heavy atom. The van der Waals surface area contributed by atoms with E-state index in [0.29, 0.717) is 17.9 Å². The Bertz CT molecular complexity index is 536. The topological polar surface area (TPSA) is 37.8 Å². The molecule has 2 rings (SSSR count). The summed E-state index contributed by atoms with van der Waals surface area (Å²) in [6.07, 6.45) is -4.43. The number of hydrogen-bond acceptors (Lipinski definition) is 4. The van der Waals surface area contributed by atoms with Crippen molar-refractivity contribution < 1.29 is 13.2 Å². The van der Waals surface area contributed by atoms with Gasteiger partial charge in [0.25, 0.3) is 0 Å². The van der Waals surface area contributed by atoms with Crippen LogP contribution < -0.4 is 5.32 Å². The van der Waals surface area contributed by atoms with Gasteiger partial charge in [0.1, 0.15) is 0 Å². The number of alkyl halides is 3. The Balaban J connectivity index is 2.03. The number of nitrogens with zero attached hydrogens (tertiary/aromatic N) is 2. The number of hydrogen-bond donors (Lipinski definition) is 1. The predicted molar refractivity (Wildman–Crippen MR) is 63.4 cm³/mol. The molecular formula is C11H10F3N3S. The van der Waals surface area contributed by atoms with Crippen LogP contribution in [0, 0.1) is 6.92 Å². The number of aryl methyl sites for hydroxylation is 1. The molecule has 0 amide bonds. The second-order valence-electron chi connectivity index (χ2n) is 3.69. The molecular weight excluding hydrogens is 263 g/mol. The molecule has 2 aromatic rings. The summed E-state index contributed by atoms with van der Waals surface area (Å²) < 4.78 is 36.9. The Morgan fingerprint density at radius 1 is 1.22 bits per heavy atom. The van der Waals surface area contributed by atoms with E-state index in [1.807, 2.05) is 31.2 Å². The minimum atomic E-state index is -4.43. The van der Waals surface area contributed by atoms with Gasteiger partial charge in [-0.2, -0.15) is 13.2 Å². The van der Waals surface area contributed by atoms with Gasteiger partial charge in [-0.1, -0.05) is 35.6 Å². The number of nitrogens with one attached hydrogen (secondary N) is 1. The molecule has 0 aliphatic heterocycles. The Morgan fingerprint density at radius 2 is 1.94 bits per heavy atom. The number of rotatable bonds is 3. The van der Waals surface area contributed by atoms with Crippen LogP contribution in [-0.4, -0.2) is 10.2 Å². The van der Waals surface area contributed by atoms with Crippen LogP contribution in [0.5, 0.6) is 0 Å². The van der Waals surface area contributed by atoms with E-state index in [9.17, 15) is 13.2 Å². The van der Waals surface area contributed by atoms with Crippen LogP contribution in [0.2, 0.25) is 0 Å². The van der Waals surface area contributed by atoms with Crippen molar-refractivity contribution in [2.24, 2.45) is 0 Å². The number of halogens is 3. The van der Waals surface area contributed by atoms with Crippen molar-refractivity contribution in [1.29, 1.82) is 0 Å². The smallest absolute Gasteiger partial charge is 0.356 e. The molecule has 1 heterocycles. The van der Waals surface area contributed by atoms with Crippen LogP contribution in [0.3, 0.4) is 0 Å². The Kier molecular flexibility index (Phi) is 3.51. The van der Waals surface area contributed by atoms with E-state index < -0.39 is 11.2 Å². The van der Waals surface area contributed by atoms with Gasteiger partial charge in [0.05, 0.1) is 0 Å². The summed E-state index contributed by atoms with van der Waals surface area (Å²) in [4.78, 5) is 0. The molecule has 0 aliphatic carbocycles. The summed E-state index contributed by atoms with van der Waals surface area (Å²) in [5.74, 6) is 0. The molecule has 1 aromatic heterocycles. The molecule has 0 radical (unpaired) electrons. The van der Waals surface area contributed by atoms with Gasteiger partial charge in [-0.25, -0.2) is 0 Å². The number of benzene rings is 1. The predicted octanol–water partition coefficient (Wildman–Crippen LogP) is 3.48. The lowest BCUT2D eigenvalue weighted by atomic mass is 10.1. The Labute approximate surface area is 106 Å². The zero-order valence-electron chi connectivity index (χ0n) is 9.45. The quantitative estimate of drug-likeness (QED) is 0.930.